The maximum atomic E-state index is 11.2. The number of likely N-dealkylation sites (N-methyl/N-ethyl adjacent to an activating group) is 1. The van der Waals surface area contributed by atoms with E-state index in [0.29, 0.717) is 13.1 Å². The van der Waals surface area contributed by atoms with Gasteiger partial charge in [0, 0.05) is 12.1 Å². The van der Waals surface area contributed by atoms with Crippen molar-refractivity contribution in [2.75, 3.05) is 27.2 Å². The van der Waals surface area contributed by atoms with Crippen molar-refractivity contribution in [3.63, 3.8) is 0 Å². The van der Waals surface area contributed by atoms with Crippen molar-refractivity contribution in [3.8, 4) is 0 Å². The van der Waals surface area contributed by atoms with Crippen LogP contribution in [-0.2, 0) is 4.79 Å². The van der Waals surface area contributed by atoms with Gasteiger partial charge in [-0.05, 0) is 27.9 Å². The van der Waals surface area contributed by atoms with Gasteiger partial charge in [0.1, 0.15) is 0 Å². The maximum absolute atomic E-state index is 11.2. The second-order valence-electron chi connectivity index (χ2n) is 3.87. The minimum atomic E-state index is -0.299. The van der Waals surface area contributed by atoms with Crippen LogP contribution in [0.25, 0.3) is 0 Å². The molecule has 4 nitrogen and oxygen atoms in total. The standard InChI is InChI=1S/C8H19N3O/c1-8(2,6-9)10-7(12)5-11(3)4/h5-6,9H2,1-4H3,(H,10,12). The number of amides is 1. The van der Waals surface area contributed by atoms with Gasteiger partial charge in [-0.1, -0.05) is 0 Å². The van der Waals surface area contributed by atoms with Gasteiger partial charge in [0.15, 0.2) is 0 Å². The van der Waals surface area contributed by atoms with E-state index in [-0.39, 0.29) is 11.4 Å². The molecule has 0 saturated carbocycles. The zero-order chi connectivity index (χ0) is 9.78. The molecule has 0 saturated heterocycles. The maximum Gasteiger partial charge on any atom is 0.234 e. The van der Waals surface area contributed by atoms with E-state index < -0.39 is 0 Å². The predicted octanol–water partition coefficient (Wildman–Crippen LogP) is -0.598. The number of nitrogens with two attached hydrogens (primary N) is 1. The number of rotatable bonds is 4. The minimum absolute atomic E-state index is 0.00968. The van der Waals surface area contributed by atoms with Crippen molar-refractivity contribution in [3.05, 3.63) is 0 Å². The molecule has 0 aromatic carbocycles. The number of nitrogens with one attached hydrogen (secondary N) is 1. The fourth-order valence-corrected chi connectivity index (χ4v) is 0.755. The summed E-state index contributed by atoms with van der Waals surface area (Å²) >= 11 is 0. The highest BCUT2D eigenvalue weighted by Crippen LogP contribution is 1.97. The number of hydrogen-bond donors (Lipinski definition) is 2. The lowest BCUT2D eigenvalue weighted by Crippen LogP contribution is -2.51. The lowest BCUT2D eigenvalue weighted by molar-refractivity contribution is -0.123. The highest BCUT2D eigenvalue weighted by Gasteiger charge is 2.17. The first kappa shape index (κ1) is 11.4. The number of hydrogen-bond acceptors (Lipinski definition) is 3. The molecule has 0 unspecified atom stereocenters. The molecule has 4 heteroatoms. The van der Waals surface area contributed by atoms with Gasteiger partial charge >= 0.3 is 0 Å². The second-order valence-corrected chi connectivity index (χ2v) is 3.87. The molecule has 0 rings (SSSR count). The van der Waals surface area contributed by atoms with Crippen LogP contribution in [-0.4, -0.2) is 43.5 Å². The van der Waals surface area contributed by atoms with Crippen molar-refractivity contribution in [1.82, 2.24) is 10.2 Å². The number of carbonyl (C=O) groups is 1. The first-order valence-electron chi connectivity index (χ1n) is 4.03. The predicted molar refractivity (Wildman–Crippen MR) is 49.8 cm³/mol. The average molecular weight is 173 g/mol. The third kappa shape index (κ3) is 5.09. The summed E-state index contributed by atoms with van der Waals surface area (Å²) < 4.78 is 0. The Bertz CT molecular complexity index is 154. The summed E-state index contributed by atoms with van der Waals surface area (Å²) in [5, 5.41) is 2.83. The molecule has 3 N–H and O–H groups in total. The molecule has 0 aromatic rings. The fourth-order valence-electron chi connectivity index (χ4n) is 0.755. The molecule has 0 aliphatic heterocycles. The summed E-state index contributed by atoms with van der Waals surface area (Å²) in [6, 6.07) is 0. The topological polar surface area (TPSA) is 58.4 Å². The molecule has 12 heavy (non-hydrogen) atoms. The molecule has 0 aromatic heterocycles. The summed E-state index contributed by atoms with van der Waals surface area (Å²) in [6.45, 7) is 4.66. The van der Waals surface area contributed by atoms with Gasteiger partial charge in [-0.25, -0.2) is 0 Å². The molecule has 0 fully saturated rings. The monoisotopic (exact) mass is 173 g/mol. The summed E-state index contributed by atoms with van der Waals surface area (Å²) in [4.78, 5) is 13.0. The highest BCUT2D eigenvalue weighted by atomic mass is 16.2. The third-order valence-electron chi connectivity index (χ3n) is 1.45. The molecule has 1 amide bonds. The number of carbonyl (C=O) groups excluding carboxylic acids is 1. The molecule has 0 spiro atoms. The summed E-state index contributed by atoms with van der Waals surface area (Å²) in [6.07, 6.45) is 0. The van der Waals surface area contributed by atoms with Crippen molar-refractivity contribution in [1.29, 1.82) is 0 Å². The van der Waals surface area contributed by atoms with Crippen LogP contribution in [0, 0.1) is 0 Å². The Morgan fingerprint density at radius 1 is 1.50 bits per heavy atom. The Morgan fingerprint density at radius 2 is 2.00 bits per heavy atom. The Hall–Kier alpha value is -0.610. The van der Waals surface area contributed by atoms with Gasteiger partial charge in [-0.3, -0.25) is 4.79 Å². The number of nitrogens with zero attached hydrogens (tertiary/aromatic N) is 1. The molecule has 0 aliphatic carbocycles. The molecule has 0 atom stereocenters. The molecular weight excluding hydrogens is 154 g/mol. The van der Waals surface area contributed by atoms with Gasteiger partial charge in [-0.2, -0.15) is 0 Å². The van der Waals surface area contributed by atoms with Crippen LogP contribution < -0.4 is 11.1 Å². The van der Waals surface area contributed by atoms with Crippen molar-refractivity contribution in [2.45, 2.75) is 19.4 Å². The zero-order valence-electron chi connectivity index (χ0n) is 8.35. The van der Waals surface area contributed by atoms with E-state index in [1.807, 2.05) is 32.8 Å². The largest absolute Gasteiger partial charge is 0.349 e. The summed E-state index contributed by atoms with van der Waals surface area (Å²) in [7, 11) is 3.71. The minimum Gasteiger partial charge on any atom is -0.349 e. The quantitative estimate of drug-likeness (QED) is 0.597. The van der Waals surface area contributed by atoms with Crippen LogP contribution in [0.1, 0.15) is 13.8 Å². The van der Waals surface area contributed by atoms with Crippen LogP contribution in [0.3, 0.4) is 0 Å². The average Bonchev–Trinajstić information content (AvgIpc) is 1.84. The van der Waals surface area contributed by atoms with Crippen LogP contribution in [0.2, 0.25) is 0 Å². The molecule has 72 valence electrons. The van der Waals surface area contributed by atoms with Crippen molar-refractivity contribution < 1.29 is 4.79 Å². The van der Waals surface area contributed by atoms with Crippen LogP contribution in [0.4, 0.5) is 0 Å². The third-order valence-corrected chi connectivity index (χ3v) is 1.45. The van der Waals surface area contributed by atoms with Gasteiger partial charge < -0.3 is 16.0 Å². The van der Waals surface area contributed by atoms with E-state index in [2.05, 4.69) is 5.32 Å². The Labute approximate surface area is 74.1 Å². The lowest BCUT2D eigenvalue weighted by Gasteiger charge is -2.25. The van der Waals surface area contributed by atoms with Gasteiger partial charge in [0.05, 0.1) is 6.54 Å². The Kier molecular flexibility index (Phi) is 4.20. The van der Waals surface area contributed by atoms with E-state index in [9.17, 15) is 4.79 Å². The van der Waals surface area contributed by atoms with Gasteiger partial charge in [0.2, 0.25) is 5.91 Å². The van der Waals surface area contributed by atoms with E-state index in [0.717, 1.165) is 0 Å². The highest BCUT2D eigenvalue weighted by molar-refractivity contribution is 5.78. The van der Waals surface area contributed by atoms with Crippen molar-refractivity contribution in [2.24, 2.45) is 5.73 Å². The van der Waals surface area contributed by atoms with Crippen LogP contribution in [0.15, 0.2) is 0 Å². The van der Waals surface area contributed by atoms with E-state index >= 15 is 0 Å². The summed E-state index contributed by atoms with van der Waals surface area (Å²) in [5.74, 6) is 0.00968. The Balaban J connectivity index is 3.84. The first-order valence-corrected chi connectivity index (χ1v) is 4.03. The molecular formula is C8H19N3O. The first-order chi connectivity index (χ1) is 5.37. The second kappa shape index (κ2) is 4.42. The zero-order valence-corrected chi connectivity index (χ0v) is 8.35. The van der Waals surface area contributed by atoms with Crippen molar-refractivity contribution >= 4 is 5.91 Å². The van der Waals surface area contributed by atoms with Gasteiger partial charge in [0.25, 0.3) is 0 Å². The molecule has 0 radical (unpaired) electrons. The Morgan fingerprint density at radius 3 is 2.33 bits per heavy atom. The fraction of sp³-hybridized carbons (Fsp3) is 0.875. The van der Waals surface area contributed by atoms with Crippen LogP contribution in [0.5, 0.6) is 0 Å². The molecule has 0 bridgehead atoms. The van der Waals surface area contributed by atoms with E-state index in [4.69, 9.17) is 5.73 Å². The van der Waals surface area contributed by atoms with E-state index in [1.165, 1.54) is 0 Å². The lowest BCUT2D eigenvalue weighted by atomic mass is 10.1. The smallest absolute Gasteiger partial charge is 0.234 e. The SMILES string of the molecule is CN(C)CC(=O)NC(C)(C)CN. The van der Waals surface area contributed by atoms with Crippen LogP contribution >= 0.6 is 0 Å². The van der Waals surface area contributed by atoms with E-state index in [1.54, 1.807) is 0 Å². The summed E-state index contributed by atoms with van der Waals surface area (Å²) in [5.41, 5.74) is 5.16. The van der Waals surface area contributed by atoms with Gasteiger partial charge in [-0.15, -0.1) is 0 Å². The molecule has 0 aliphatic rings. The normalized spacial score (nSPS) is 11.8. The molecule has 0 heterocycles.